The van der Waals surface area contributed by atoms with E-state index in [0.717, 1.165) is 6.92 Å². The number of alkyl halides is 3. The minimum absolute atomic E-state index is 0.0126. The maximum absolute atomic E-state index is 12.3. The number of nitrogens with two attached hydrogens (primary N) is 1. The van der Waals surface area contributed by atoms with Gasteiger partial charge >= 0.3 is 6.18 Å². The van der Waals surface area contributed by atoms with Crippen molar-refractivity contribution in [3.63, 3.8) is 0 Å². The number of rotatable bonds is 1. The van der Waals surface area contributed by atoms with E-state index < -0.39 is 12.2 Å². The Bertz CT molecular complexity index is 417. The second-order valence-corrected chi connectivity index (χ2v) is 3.58. The van der Waals surface area contributed by atoms with Crippen LogP contribution in [-0.2, 0) is 0 Å². The van der Waals surface area contributed by atoms with Crippen LogP contribution in [0.1, 0.15) is 18.5 Å². The number of aromatic nitrogens is 2. The zero-order chi connectivity index (χ0) is 11.8. The topological polar surface area (TPSA) is 67.6 Å². The van der Waals surface area contributed by atoms with Crippen molar-refractivity contribution >= 4 is 21.7 Å². The van der Waals surface area contributed by atoms with Crippen LogP contribution in [0.3, 0.4) is 0 Å². The molecule has 0 saturated heterocycles. The largest absolute Gasteiger partial charge is 0.410 e. The second-order valence-electron chi connectivity index (χ2n) is 2.83. The van der Waals surface area contributed by atoms with Crippen molar-refractivity contribution in [2.45, 2.75) is 19.1 Å². The van der Waals surface area contributed by atoms with Gasteiger partial charge in [0, 0.05) is 0 Å². The summed E-state index contributed by atoms with van der Waals surface area (Å²) in [4.78, 5) is 0. The minimum atomic E-state index is -4.45. The quantitative estimate of drug-likeness (QED) is 0.859. The van der Waals surface area contributed by atoms with Crippen LogP contribution in [-0.4, -0.2) is 16.0 Å². The van der Waals surface area contributed by atoms with Crippen LogP contribution in [0.15, 0.2) is 4.60 Å². The Morgan fingerprint density at radius 1 is 1.60 bits per heavy atom. The minimum Gasteiger partial charge on any atom is -0.383 e. The normalized spacial score (nSPS) is 13.6. The average molecular weight is 283 g/mol. The smallest absolute Gasteiger partial charge is 0.383 e. The molecule has 0 amide bonds. The predicted molar refractivity (Wildman–Crippen MR) is 49.8 cm³/mol. The lowest BCUT2D eigenvalue weighted by Crippen LogP contribution is -2.25. The summed E-state index contributed by atoms with van der Waals surface area (Å²) >= 11 is 2.86. The van der Waals surface area contributed by atoms with Crippen molar-refractivity contribution < 1.29 is 13.2 Å². The highest BCUT2D eigenvalue weighted by molar-refractivity contribution is 9.10. The second kappa shape index (κ2) is 3.73. The van der Waals surface area contributed by atoms with E-state index in [9.17, 15) is 13.2 Å². The fourth-order valence-corrected chi connectivity index (χ4v) is 1.42. The van der Waals surface area contributed by atoms with Crippen molar-refractivity contribution in [1.82, 2.24) is 9.78 Å². The van der Waals surface area contributed by atoms with Crippen LogP contribution in [0.5, 0.6) is 0 Å². The molecule has 1 unspecified atom stereocenters. The Morgan fingerprint density at radius 2 is 2.13 bits per heavy atom. The summed E-state index contributed by atoms with van der Waals surface area (Å²) in [5.41, 5.74) is 5.27. The number of hydrogen-bond acceptors (Lipinski definition) is 3. The first-order chi connectivity index (χ1) is 6.79. The maximum atomic E-state index is 12.3. The predicted octanol–water partition coefficient (Wildman–Crippen LogP) is 2.22. The molecule has 1 rings (SSSR count). The van der Waals surface area contributed by atoms with Crippen molar-refractivity contribution in [2.75, 3.05) is 5.73 Å². The molecular weight excluding hydrogens is 277 g/mol. The summed E-state index contributed by atoms with van der Waals surface area (Å²) in [6, 6.07) is -0.197. The third-order valence-electron chi connectivity index (χ3n) is 1.86. The van der Waals surface area contributed by atoms with E-state index in [1.807, 2.05) is 0 Å². The van der Waals surface area contributed by atoms with Gasteiger partial charge in [-0.05, 0) is 22.9 Å². The Morgan fingerprint density at radius 3 is 2.47 bits per heavy atom. The van der Waals surface area contributed by atoms with E-state index in [0.29, 0.717) is 4.68 Å². The van der Waals surface area contributed by atoms with Gasteiger partial charge in [-0.1, -0.05) is 0 Å². The lowest BCUT2D eigenvalue weighted by molar-refractivity contribution is -0.164. The van der Waals surface area contributed by atoms with Gasteiger partial charge in [0.05, 0.1) is 0 Å². The van der Waals surface area contributed by atoms with E-state index >= 15 is 0 Å². The third kappa shape index (κ3) is 2.07. The zero-order valence-electron chi connectivity index (χ0n) is 7.51. The maximum Gasteiger partial charge on any atom is 0.410 e. The van der Waals surface area contributed by atoms with Gasteiger partial charge in [-0.25, -0.2) is 4.68 Å². The summed E-state index contributed by atoms with van der Waals surface area (Å²) in [5.74, 6) is -0.297. The van der Waals surface area contributed by atoms with E-state index in [1.54, 1.807) is 6.07 Å². The van der Waals surface area contributed by atoms with Gasteiger partial charge in [0.15, 0.2) is 0 Å². The van der Waals surface area contributed by atoms with E-state index in [2.05, 4.69) is 21.0 Å². The van der Waals surface area contributed by atoms with Crippen LogP contribution in [0, 0.1) is 11.3 Å². The highest BCUT2D eigenvalue weighted by Gasteiger charge is 2.39. The standard InChI is InChI=1S/C7H6BrF3N4/c1-3(7(9,10)11)15-6(13)4(2-12)5(8)14-15/h3H,13H2,1H3. The lowest BCUT2D eigenvalue weighted by atomic mass is 10.3. The van der Waals surface area contributed by atoms with Gasteiger partial charge in [0.2, 0.25) is 0 Å². The molecule has 0 aliphatic heterocycles. The van der Waals surface area contributed by atoms with Crippen molar-refractivity contribution in [3.05, 3.63) is 10.2 Å². The molecule has 4 nitrogen and oxygen atoms in total. The molecule has 0 aromatic carbocycles. The molecule has 82 valence electrons. The SMILES string of the molecule is CC(n1nc(Br)c(C#N)c1N)C(F)(F)F. The molecule has 1 aromatic heterocycles. The molecule has 15 heavy (non-hydrogen) atoms. The van der Waals surface area contributed by atoms with Gasteiger partial charge in [0.1, 0.15) is 28.1 Å². The van der Waals surface area contributed by atoms with E-state index in [1.165, 1.54) is 0 Å². The number of nitriles is 1. The van der Waals surface area contributed by atoms with Crippen molar-refractivity contribution in [2.24, 2.45) is 0 Å². The first-order valence-corrected chi connectivity index (χ1v) is 4.58. The van der Waals surface area contributed by atoms with Crippen molar-refractivity contribution in [3.8, 4) is 6.07 Å². The van der Waals surface area contributed by atoms with Crippen molar-refractivity contribution in [1.29, 1.82) is 5.26 Å². The van der Waals surface area contributed by atoms with Crippen LogP contribution in [0.2, 0.25) is 0 Å². The number of hydrogen-bond donors (Lipinski definition) is 1. The molecule has 0 saturated carbocycles. The summed E-state index contributed by atoms with van der Waals surface area (Å²) in [7, 11) is 0. The Balaban J connectivity index is 3.24. The van der Waals surface area contributed by atoms with Gasteiger partial charge in [0.25, 0.3) is 0 Å². The van der Waals surface area contributed by atoms with Gasteiger partial charge in [-0.15, -0.1) is 0 Å². The van der Waals surface area contributed by atoms with Crippen LogP contribution in [0.4, 0.5) is 19.0 Å². The number of halogens is 4. The molecule has 2 N–H and O–H groups in total. The first kappa shape index (κ1) is 11.8. The Labute approximate surface area is 91.6 Å². The van der Waals surface area contributed by atoms with Gasteiger partial charge in [-0.2, -0.15) is 23.5 Å². The number of nitrogens with zero attached hydrogens (tertiary/aromatic N) is 3. The van der Waals surface area contributed by atoms with E-state index in [-0.39, 0.29) is 16.0 Å². The Hall–Kier alpha value is -1.23. The van der Waals surface area contributed by atoms with Crippen LogP contribution >= 0.6 is 15.9 Å². The molecule has 0 bridgehead atoms. The van der Waals surface area contributed by atoms with Crippen LogP contribution < -0.4 is 5.73 Å². The summed E-state index contributed by atoms with van der Waals surface area (Å²) < 4.78 is 37.6. The molecule has 0 fully saturated rings. The van der Waals surface area contributed by atoms with E-state index in [4.69, 9.17) is 11.0 Å². The molecule has 0 aliphatic carbocycles. The summed E-state index contributed by atoms with van der Waals surface area (Å²) in [6.45, 7) is 0.914. The lowest BCUT2D eigenvalue weighted by Gasteiger charge is -2.16. The molecule has 1 aromatic rings. The fourth-order valence-electron chi connectivity index (χ4n) is 0.956. The Kier molecular flexibility index (Phi) is 2.95. The molecule has 8 heteroatoms. The summed E-state index contributed by atoms with van der Waals surface area (Å²) in [6.07, 6.45) is -4.45. The average Bonchev–Trinajstić information content (AvgIpc) is 2.39. The molecular formula is C7H6BrF3N4. The highest BCUT2D eigenvalue weighted by atomic mass is 79.9. The molecule has 0 aliphatic rings. The molecule has 0 spiro atoms. The van der Waals surface area contributed by atoms with Gasteiger partial charge in [-0.3, -0.25) is 0 Å². The molecule has 1 atom stereocenters. The zero-order valence-corrected chi connectivity index (χ0v) is 9.09. The molecule has 0 radical (unpaired) electrons. The fraction of sp³-hybridized carbons (Fsp3) is 0.429. The van der Waals surface area contributed by atoms with Gasteiger partial charge < -0.3 is 5.73 Å². The monoisotopic (exact) mass is 282 g/mol. The first-order valence-electron chi connectivity index (χ1n) is 3.79. The number of anilines is 1. The number of nitrogen functional groups attached to an aromatic ring is 1. The highest BCUT2D eigenvalue weighted by Crippen LogP contribution is 2.33. The molecule has 1 heterocycles. The summed E-state index contributed by atoms with van der Waals surface area (Å²) in [5, 5.41) is 12.1. The van der Waals surface area contributed by atoms with Crippen LogP contribution in [0.25, 0.3) is 0 Å². The third-order valence-corrected chi connectivity index (χ3v) is 2.41.